The third-order valence-electron chi connectivity index (χ3n) is 1.62. The van der Waals surface area contributed by atoms with E-state index in [1.54, 1.807) is 0 Å². The maximum absolute atomic E-state index is 10.6. The Kier molecular flexibility index (Phi) is 2.59. The molecule has 2 atom stereocenters. The minimum Gasteiger partial charge on any atom is -0.469 e. The molecule has 0 aliphatic carbocycles. The minimum absolute atomic E-state index is 0.0494. The molecular formula is C7H10O4. The van der Waals surface area contributed by atoms with Crippen molar-refractivity contribution < 1.29 is 19.1 Å². The van der Waals surface area contributed by atoms with Gasteiger partial charge in [-0.3, -0.25) is 4.79 Å². The molecule has 0 radical (unpaired) electrons. The topological polar surface area (TPSA) is 55.9 Å². The van der Waals surface area contributed by atoms with Crippen molar-refractivity contribution in [2.75, 3.05) is 7.11 Å². The number of aldehydes is 1. The van der Waals surface area contributed by atoms with Gasteiger partial charge in [-0.15, -0.1) is 0 Å². The minimum atomic E-state index is -0.278. The van der Waals surface area contributed by atoms with Crippen LogP contribution in [0.4, 0.5) is 0 Å². The number of carbonyl (C=O) groups excluding carboxylic acids is 2. The molecule has 11 heavy (non-hydrogen) atoms. The molecule has 4 heteroatoms. The lowest BCUT2D eigenvalue weighted by molar-refractivity contribution is -0.140. The number of methoxy groups -OCH3 is 1. The molecule has 1 fully saturated rings. The van der Waals surface area contributed by atoms with Crippen LogP contribution in [-0.4, -0.2) is 31.6 Å². The summed E-state index contributed by atoms with van der Waals surface area (Å²) < 4.78 is 9.30. The van der Waals surface area contributed by atoms with Crippen molar-refractivity contribution in [3.05, 3.63) is 0 Å². The number of esters is 1. The molecule has 4 nitrogen and oxygen atoms in total. The smallest absolute Gasteiger partial charge is 0.305 e. The zero-order valence-corrected chi connectivity index (χ0v) is 6.28. The Labute approximate surface area is 64.5 Å². The lowest BCUT2D eigenvalue weighted by atomic mass is 10.2. The second-order valence-corrected chi connectivity index (χ2v) is 2.39. The fourth-order valence-electron chi connectivity index (χ4n) is 0.871. The van der Waals surface area contributed by atoms with Crippen LogP contribution >= 0.6 is 0 Å². The second-order valence-electron chi connectivity index (χ2n) is 2.39. The Bertz CT molecular complexity index is 166. The maximum atomic E-state index is 10.6. The summed E-state index contributed by atoms with van der Waals surface area (Å²) in [5.74, 6) is -0.259. The number of ether oxygens (including phenoxy) is 2. The van der Waals surface area contributed by atoms with Crippen LogP contribution in [0.1, 0.15) is 12.8 Å². The van der Waals surface area contributed by atoms with Gasteiger partial charge in [0.25, 0.3) is 0 Å². The van der Waals surface area contributed by atoms with E-state index in [4.69, 9.17) is 4.74 Å². The highest BCUT2D eigenvalue weighted by Gasteiger charge is 2.38. The van der Waals surface area contributed by atoms with Crippen LogP contribution in [0.3, 0.4) is 0 Å². The lowest BCUT2D eigenvalue weighted by Gasteiger charge is -1.94. The van der Waals surface area contributed by atoms with Gasteiger partial charge < -0.3 is 14.3 Å². The van der Waals surface area contributed by atoms with Crippen molar-refractivity contribution in [2.45, 2.75) is 25.0 Å². The number of rotatable bonds is 4. The third kappa shape index (κ3) is 2.31. The lowest BCUT2D eigenvalue weighted by Crippen LogP contribution is -2.03. The quantitative estimate of drug-likeness (QED) is 0.326. The van der Waals surface area contributed by atoms with Crippen LogP contribution in [0.2, 0.25) is 0 Å². The Morgan fingerprint density at radius 2 is 2.45 bits per heavy atom. The maximum Gasteiger partial charge on any atom is 0.305 e. The predicted molar refractivity (Wildman–Crippen MR) is 36.0 cm³/mol. The molecule has 1 saturated heterocycles. The SMILES string of the molecule is COC(=O)CC[C@@H]1O[C@@H]1C=O. The summed E-state index contributed by atoms with van der Waals surface area (Å²) >= 11 is 0. The molecule has 1 aliphatic heterocycles. The van der Waals surface area contributed by atoms with Crippen molar-refractivity contribution >= 4 is 12.3 Å². The number of carbonyl (C=O) groups is 2. The number of hydrogen-bond donors (Lipinski definition) is 0. The zero-order chi connectivity index (χ0) is 8.27. The van der Waals surface area contributed by atoms with E-state index < -0.39 is 0 Å². The van der Waals surface area contributed by atoms with Crippen LogP contribution in [0.15, 0.2) is 0 Å². The predicted octanol–water partition coefficient (Wildman–Crippen LogP) is -0.0941. The van der Waals surface area contributed by atoms with E-state index >= 15 is 0 Å². The molecule has 0 N–H and O–H groups in total. The summed E-state index contributed by atoms with van der Waals surface area (Å²) in [7, 11) is 1.34. The Morgan fingerprint density at radius 1 is 1.73 bits per heavy atom. The Balaban J connectivity index is 2.05. The molecule has 0 aromatic carbocycles. The second kappa shape index (κ2) is 3.48. The fraction of sp³-hybridized carbons (Fsp3) is 0.714. The molecule has 1 rings (SSSR count). The van der Waals surface area contributed by atoms with Crippen LogP contribution in [0.25, 0.3) is 0 Å². The van der Waals surface area contributed by atoms with Crippen molar-refractivity contribution in [1.82, 2.24) is 0 Å². The molecule has 0 aromatic heterocycles. The Hall–Kier alpha value is -0.900. The van der Waals surface area contributed by atoms with Crippen molar-refractivity contribution in [3.63, 3.8) is 0 Å². The van der Waals surface area contributed by atoms with Gasteiger partial charge in [-0.25, -0.2) is 0 Å². The van der Waals surface area contributed by atoms with Gasteiger partial charge in [-0.05, 0) is 6.42 Å². The molecule has 0 unspecified atom stereocenters. The van der Waals surface area contributed by atoms with Gasteiger partial charge in [0.1, 0.15) is 6.10 Å². The van der Waals surface area contributed by atoms with Gasteiger partial charge in [-0.2, -0.15) is 0 Å². The average molecular weight is 158 g/mol. The van der Waals surface area contributed by atoms with E-state index in [2.05, 4.69) is 4.74 Å². The molecule has 0 amide bonds. The van der Waals surface area contributed by atoms with Gasteiger partial charge in [0.05, 0.1) is 13.2 Å². The number of hydrogen-bond acceptors (Lipinski definition) is 4. The summed E-state index contributed by atoms with van der Waals surface area (Å²) in [4.78, 5) is 20.6. The standard InChI is InChI=1S/C7H10O4/c1-10-7(9)3-2-5-6(4-8)11-5/h4-6H,2-3H2,1H3/t5-,6+/m0/s1. The monoisotopic (exact) mass is 158 g/mol. The van der Waals surface area contributed by atoms with E-state index in [0.29, 0.717) is 12.8 Å². The van der Waals surface area contributed by atoms with Gasteiger partial charge in [0, 0.05) is 6.42 Å². The van der Waals surface area contributed by atoms with Crippen LogP contribution < -0.4 is 0 Å². The molecule has 1 heterocycles. The summed E-state index contributed by atoms with van der Waals surface area (Å²) in [5.41, 5.74) is 0. The van der Waals surface area contributed by atoms with E-state index in [1.165, 1.54) is 7.11 Å². The first kappa shape index (κ1) is 8.20. The molecular weight excluding hydrogens is 148 g/mol. The van der Waals surface area contributed by atoms with Gasteiger partial charge in [0.15, 0.2) is 6.29 Å². The molecule has 0 bridgehead atoms. The summed E-state index contributed by atoms with van der Waals surface area (Å²) in [5, 5.41) is 0. The summed E-state index contributed by atoms with van der Waals surface area (Å²) in [6.07, 6.45) is 1.33. The molecule has 0 saturated carbocycles. The van der Waals surface area contributed by atoms with Crippen LogP contribution in [-0.2, 0) is 19.1 Å². The first-order valence-electron chi connectivity index (χ1n) is 3.45. The van der Waals surface area contributed by atoms with Gasteiger partial charge in [-0.1, -0.05) is 0 Å². The number of epoxide rings is 1. The van der Waals surface area contributed by atoms with Crippen molar-refractivity contribution in [2.24, 2.45) is 0 Å². The highest BCUT2D eigenvalue weighted by molar-refractivity contribution is 5.69. The fourth-order valence-corrected chi connectivity index (χ4v) is 0.871. The van der Waals surface area contributed by atoms with E-state index in [1.807, 2.05) is 0 Å². The van der Waals surface area contributed by atoms with Gasteiger partial charge in [0.2, 0.25) is 0 Å². The third-order valence-corrected chi connectivity index (χ3v) is 1.62. The van der Waals surface area contributed by atoms with E-state index in [0.717, 1.165) is 6.29 Å². The first-order valence-corrected chi connectivity index (χ1v) is 3.45. The van der Waals surface area contributed by atoms with Gasteiger partial charge >= 0.3 is 5.97 Å². The van der Waals surface area contributed by atoms with Crippen molar-refractivity contribution in [3.8, 4) is 0 Å². The molecule has 1 aliphatic rings. The van der Waals surface area contributed by atoms with Crippen molar-refractivity contribution in [1.29, 1.82) is 0 Å². The summed E-state index contributed by atoms with van der Waals surface area (Å²) in [6.45, 7) is 0. The average Bonchev–Trinajstić information content (AvgIpc) is 2.78. The highest BCUT2D eigenvalue weighted by Crippen LogP contribution is 2.24. The first-order chi connectivity index (χ1) is 5.27. The normalized spacial score (nSPS) is 27.7. The van der Waals surface area contributed by atoms with Crippen LogP contribution in [0, 0.1) is 0 Å². The molecule has 62 valence electrons. The summed E-state index contributed by atoms with van der Waals surface area (Å²) in [6, 6.07) is 0. The zero-order valence-electron chi connectivity index (χ0n) is 6.28. The van der Waals surface area contributed by atoms with E-state index in [-0.39, 0.29) is 18.2 Å². The molecule has 0 spiro atoms. The largest absolute Gasteiger partial charge is 0.469 e. The molecule has 0 aromatic rings. The Morgan fingerprint density at radius 3 is 2.91 bits per heavy atom. The van der Waals surface area contributed by atoms with Crippen LogP contribution in [0.5, 0.6) is 0 Å². The van der Waals surface area contributed by atoms with E-state index in [9.17, 15) is 9.59 Å². The highest BCUT2D eigenvalue weighted by atomic mass is 16.6.